The largest absolute Gasteiger partial charge is 0.469 e. The molecule has 0 radical (unpaired) electrons. The van der Waals surface area contributed by atoms with Crippen molar-refractivity contribution in [1.82, 2.24) is 0 Å². The van der Waals surface area contributed by atoms with Crippen LogP contribution in [0.1, 0.15) is 34.0 Å². The van der Waals surface area contributed by atoms with Crippen molar-refractivity contribution in [3.8, 4) is 0 Å². The molecular formula is C18H17NO4. The van der Waals surface area contributed by atoms with Gasteiger partial charge in [-0.25, -0.2) is 0 Å². The van der Waals surface area contributed by atoms with E-state index in [1.807, 2.05) is 37.3 Å². The van der Waals surface area contributed by atoms with Gasteiger partial charge in [-0.15, -0.1) is 0 Å². The van der Waals surface area contributed by atoms with E-state index in [-0.39, 0.29) is 18.3 Å². The number of nitrogens with zero attached hydrogens (tertiary/aromatic N) is 1. The van der Waals surface area contributed by atoms with Gasteiger partial charge in [-0.05, 0) is 30.7 Å². The van der Waals surface area contributed by atoms with E-state index in [4.69, 9.17) is 9.57 Å². The molecule has 5 heteroatoms. The lowest BCUT2D eigenvalue weighted by atomic mass is 9.98. The lowest BCUT2D eigenvalue weighted by Crippen LogP contribution is -2.38. The molecule has 5 nitrogen and oxygen atoms in total. The summed E-state index contributed by atoms with van der Waals surface area (Å²) in [6.07, 6.45) is -0.513. The van der Waals surface area contributed by atoms with E-state index in [0.717, 1.165) is 5.56 Å². The highest BCUT2D eigenvalue weighted by atomic mass is 16.7. The molecule has 3 rings (SSSR count). The second kappa shape index (κ2) is 6.22. The van der Waals surface area contributed by atoms with Gasteiger partial charge in [0.25, 0.3) is 5.91 Å². The standard InChI is InChI=1S/C18H17NO4/c1-12-7-9-13(10-8-12)19-18(21)15-6-4-3-5-14(15)16(23-19)11-17(20)22-2/h3-10,16H,11H2,1-2H3. The molecule has 0 saturated heterocycles. The molecular weight excluding hydrogens is 294 g/mol. The fourth-order valence-corrected chi connectivity index (χ4v) is 2.55. The Hall–Kier alpha value is -2.66. The molecule has 0 spiro atoms. The van der Waals surface area contributed by atoms with E-state index in [0.29, 0.717) is 16.8 Å². The van der Waals surface area contributed by atoms with Gasteiger partial charge in [0.1, 0.15) is 6.10 Å². The second-order valence-electron chi connectivity index (χ2n) is 5.40. The predicted octanol–water partition coefficient (Wildman–Crippen LogP) is 3.19. The highest BCUT2D eigenvalue weighted by Gasteiger charge is 2.34. The van der Waals surface area contributed by atoms with Crippen LogP contribution < -0.4 is 5.06 Å². The molecule has 0 fully saturated rings. The summed E-state index contributed by atoms with van der Waals surface area (Å²) in [5.41, 5.74) is 2.95. The van der Waals surface area contributed by atoms with E-state index in [1.54, 1.807) is 18.2 Å². The van der Waals surface area contributed by atoms with Gasteiger partial charge in [0, 0.05) is 5.56 Å². The average molecular weight is 311 g/mol. The number of ether oxygens (including phenoxy) is 1. The molecule has 0 aromatic heterocycles. The van der Waals surface area contributed by atoms with E-state index < -0.39 is 6.10 Å². The van der Waals surface area contributed by atoms with Crippen molar-refractivity contribution in [2.75, 3.05) is 12.2 Å². The molecule has 1 amide bonds. The normalized spacial score (nSPS) is 16.9. The van der Waals surface area contributed by atoms with Crippen molar-refractivity contribution in [2.24, 2.45) is 0 Å². The quantitative estimate of drug-likeness (QED) is 0.817. The van der Waals surface area contributed by atoms with E-state index in [2.05, 4.69) is 0 Å². The molecule has 1 aliphatic rings. The molecule has 2 aromatic carbocycles. The minimum absolute atomic E-state index is 0.0448. The van der Waals surface area contributed by atoms with Crippen LogP contribution in [0.2, 0.25) is 0 Å². The zero-order valence-corrected chi connectivity index (χ0v) is 13.0. The number of aryl methyl sites for hydroxylation is 1. The fourth-order valence-electron chi connectivity index (χ4n) is 2.55. The van der Waals surface area contributed by atoms with Crippen LogP contribution in [0.5, 0.6) is 0 Å². The summed E-state index contributed by atoms with van der Waals surface area (Å²) in [4.78, 5) is 30.1. The number of methoxy groups -OCH3 is 1. The maximum atomic E-state index is 12.7. The summed E-state index contributed by atoms with van der Waals surface area (Å²) in [7, 11) is 1.33. The number of hydrogen-bond acceptors (Lipinski definition) is 4. The van der Waals surface area contributed by atoms with Gasteiger partial charge < -0.3 is 4.74 Å². The van der Waals surface area contributed by atoms with Crippen molar-refractivity contribution in [3.05, 3.63) is 65.2 Å². The Kier molecular flexibility index (Phi) is 4.12. The minimum Gasteiger partial charge on any atom is -0.469 e. The number of carbonyl (C=O) groups is 2. The van der Waals surface area contributed by atoms with Crippen molar-refractivity contribution in [1.29, 1.82) is 0 Å². The van der Waals surface area contributed by atoms with Crippen LogP contribution in [-0.2, 0) is 14.4 Å². The number of rotatable bonds is 3. The van der Waals surface area contributed by atoms with Crippen molar-refractivity contribution in [3.63, 3.8) is 0 Å². The van der Waals surface area contributed by atoms with Crippen LogP contribution in [-0.4, -0.2) is 19.0 Å². The highest BCUT2D eigenvalue weighted by molar-refractivity contribution is 6.06. The summed E-state index contributed by atoms with van der Waals surface area (Å²) in [5, 5.41) is 1.25. The van der Waals surface area contributed by atoms with E-state index in [1.165, 1.54) is 12.2 Å². The summed E-state index contributed by atoms with van der Waals surface area (Å²) in [6, 6.07) is 14.6. The number of anilines is 1. The smallest absolute Gasteiger partial charge is 0.308 e. The van der Waals surface area contributed by atoms with Crippen LogP contribution in [0.4, 0.5) is 5.69 Å². The monoisotopic (exact) mass is 311 g/mol. The molecule has 1 aliphatic heterocycles. The zero-order valence-electron chi connectivity index (χ0n) is 13.0. The Balaban J connectivity index is 1.99. The van der Waals surface area contributed by atoms with Crippen LogP contribution in [0.15, 0.2) is 48.5 Å². The molecule has 1 unspecified atom stereocenters. The Bertz CT molecular complexity index is 739. The summed E-state index contributed by atoms with van der Waals surface area (Å²) in [6.45, 7) is 1.97. The molecule has 1 atom stereocenters. The molecule has 23 heavy (non-hydrogen) atoms. The van der Waals surface area contributed by atoms with Gasteiger partial charge in [0.2, 0.25) is 0 Å². The van der Waals surface area contributed by atoms with Crippen LogP contribution in [0.25, 0.3) is 0 Å². The lowest BCUT2D eigenvalue weighted by Gasteiger charge is -2.33. The summed E-state index contributed by atoms with van der Waals surface area (Å²) < 4.78 is 4.73. The number of hydrogen-bond donors (Lipinski definition) is 0. The third kappa shape index (κ3) is 2.96. The van der Waals surface area contributed by atoms with E-state index >= 15 is 0 Å². The number of benzene rings is 2. The SMILES string of the molecule is COC(=O)CC1ON(c2ccc(C)cc2)C(=O)c2ccccc21. The molecule has 0 saturated carbocycles. The summed E-state index contributed by atoms with van der Waals surface area (Å²) in [5.74, 6) is -0.631. The molecule has 0 N–H and O–H groups in total. The van der Waals surface area contributed by atoms with Crippen LogP contribution in [0.3, 0.4) is 0 Å². The van der Waals surface area contributed by atoms with Crippen molar-refractivity contribution >= 4 is 17.6 Å². The minimum atomic E-state index is -0.558. The first-order chi connectivity index (χ1) is 11.1. The highest BCUT2D eigenvalue weighted by Crippen LogP contribution is 2.34. The Morgan fingerprint density at radius 2 is 1.87 bits per heavy atom. The first-order valence-corrected chi connectivity index (χ1v) is 7.34. The first-order valence-electron chi connectivity index (χ1n) is 7.34. The van der Waals surface area contributed by atoms with Crippen LogP contribution >= 0.6 is 0 Å². The Labute approximate surface area is 134 Å². The first kappa shape index (κ1) is 15.2. The number of hydroxylamine groups is 1. The van der Waals surface area contributed by atoms with Gasteiger partial charge in [-0.3, -0.25) is 14.4 Å². The molecule has 0 aliphatic carbocycles. The molecule has 0 bridgehead atoms. The lowest BCUT2D eigenvalue weighted by molar-refractivity contribution is -0.144. The number of fused-ring (bicyclic) bond motifs is 1. The van der Waals surface area contributed by atoms with Gasteiger partial charge in [-0.2, -0.15) is 5.06 Å². The molecule has 118 valence electrons. The van der Waals surface area contributed by atoms with Crippen molar-refractivity contribution in [2.45, 2.75) is 19.4 Å². The maximum Gasteiger partial charge on any atom is 0.308 e. The number of esters is 1. The molecule has 2 aromatic rings. The van der Waals surface area contributed by atoms with Gasteiger partial charge in [0.15, 0.2) is 0 Å². The third-order valence-corrected chi connectivity index (χ3v) is 3.80. The average Bonchev–Trinajstić information content (AvgIpc) is 2.58. The second-order valence-corrected chi connectivity index (χ2v) is 5.40. The van der Waals surface area contributed by atoms with Gasteiger partial charge in [-0.1, -0.05) is 35.9 Å². The zero-order chi connectivity index (χ0) is 16.4. The van der Waals surface area contributed by atoms with Gasteiger partial charge in [0.05, 0.1) is 19.2 Å². The number of amides is 1. The Morgan fingerprint density at radius 3 is 2.57 bits per heavy atom. The third-order valence-electron chi connectivity index (χ3n) is 3.80. The topological polar surface area (TPSA) is 55.8 Å². The molecule has 1 heterocycles. The van der Waals surface area contributed by atoms with Crippen LogP contribution in [0, 0.1) is 6.92 Å². The summed E-state index contributed by atoms with van der Waals surface area (Å²) >= 11 is 0. The number of carbonyl (C=O) groups excluding carboxylic acids is 2. The van der Waals surface area contributed by atoms with Gasteiger partial charge >= 0.3 is 5.97 Å². The predicted molar refractivity (Wildman–Crippen MR) is 84.9 cm³/mol. The van der Waals surface area contributed by atoms with E-state index in [9.17, 15) is 9.59 Å². The fraction of sp³-hybridized carbons (Fsp3) is 0.222. The Morgan fingerprint density at radius 1 is 1.17 bits per heavy atom. The van der Waals surface area contributed by atoms with Crippen molar-refractivity contribution < 1.29 is 19.2 Å². The maximum absolute atomic E-state index is 12.7.